The molecule has 0 bridgehead atoms. The van der Waals surface area contributed by atoms with E-state index in [4.69, 9.17) is 0 Å². The molecule has 5 nitrogen and oxygen atoms in total. The standard InChI is InChI=1S/C14H17F2N3O2/c1-2-17-13-10(15)7-9(8-11(13)16)14(21)19-5-3-12(20)18-4-6-19/h7-8,17H,2-6H2,1H3,(H,18,20). The summed E-state index contributed by atoms with van der Waals surface area (Å²) in [4.78, 5) is 24.9. The molecule has 1 aliphatic heterocycles. The summed E-state index contributed by atoms with van der Waals surface area (Å²) in [5.41, 5.74) is -0.289. The minimum absolute atomic E-state index is 0.0546. The summed E-state index contributed by atoms with van der Waals surface area (Å²) in [6.07, 6.45) is 0.187. The van der Waals surface area contributed by atoms with Crippen LogP contribution in [0.1, 0.15) is 23.7 Å². The molecular weight excluding hydrogens is 280 g/mol. The molecule has 1 saturated heterocycles. The Morgan fingerprint density at radius 2 is 2.00 bits per heavy atom. The first-order chi connectivity index (χ1) is 10.0. The number of hydrogen-bond acceptors (Lipinski definition) is 3. The van der Waals surface area contributed by atoms with Crippen LogP contribution in [-0.4, -0.2) is 42.9 Å². The van der Waals surface area contributed by atoms with Gasteiger partial charge in [-0.2, -0.15) is 0 Å². The Balaban J connectivity index is 2.21. The first kappa shape index (κ1) is 15.2. The maximum atomic E-state index is 13.8. The van der Waals surface area contributed by atoms with E-state index in [9.17, 15) is 18.4 Å². The van der Waals surface area contributed by atoms with E-state index in [0.717, 1.165) is 12.1 Å². The minimum Gasteiger partial charge on any atom is -0.381 e. The fourth-order valence-electron chi connectivity index (χ4n) is 2.19. The van der Waals surface area contributed by atoms with Crippen molar-refractivity contribution >= 4 is 17.5 Å². The van der Waals surface area contributed by atoms with Gasteiger partial charge in [-0.3, -0.25) is 9.59 Å². The van der Waals surface area contributed by atoms with Crippen molar-refractivity contribution in [2.45, 2.75) is 13.3 Å². The molecule has 21 heavy (non-hydrogen) atoms. The van der Waals surface area contributed by atoms with Crippen molar-refractivity contribution in [3.05, 3.63) is 29.3 Å². The molecule has 2 amide bonds. The summed E-state index contributed by atoms with van der Waals surface area (Å²) in [6.45, 7) is 3.00. The third-order valence-corrected chi connectivity index (χ3v) is 3.24. The molecule has 1 aliphatic rings. The van der Waals surface area contributed by atoms with Crippen molar-refractivity contribution in [1.82, 2.24) is 10.2 Å². The molecule has 7 heteroatoms. The van der Waals surface area contributed by atoms with E-state index < -0.39 is 17.5 Å². The van der Waals surface area contributed by atoms with Crippen molar-refractivity contribution in [2.75, 3.05) is 31.5 Å². The van der Waals surface area contributed by atoms with Crippen LogP contribution in [0.25, 0.3) is 0 Å². The Morgan fingerprint density at radius 3 is 2.62 bits per heavy atom. The van der Waals surface area contributed by atoms with Crippen LogP contribution in [-0.2, 0) is 4.79 Å². The van der Waals surface area contributed by atoms with E-state index in [1.807, 2.05) is 0 Å². The number of benzene rings is 1. The van der Waals surface area contributed by atoms with E-state index in [1.165, 1.54) is 4.90 Å². The number of carbonyl (C=O) groups is 2. The van der Waals surface area contributed by atoms with Crippen molar-refractivity contribution < 1.29 is 18.4 Å². The predicted octanol–water partition coefficient (Wildman–Crippen LogP) is 1.36. The van der Waals surface area contributed by atoms with Crippen molar-refractivity contribution in [3.8, 4) is 0 Å². The zero-order valence-corrected chi connectivity index (χ0v) is 11.7. The molecule has 0 atom stereocenters. The second-order valence-corrected chi connectivity index (χ2v) is 4.74. The zero-order chi connectivity index (χ0) is 15.4. The van der Waals surface area contributed by atoms with Gasteiger partial charge in [0.1, 0.15) is 17.3 Å². The van der Waals surface area contributed by atoms with Gasteiger partial charge in [0.2, 0.25) is 5.91 Å². The number of carbonyl (C=O) groups excluding carboxylic acids is 2. The Kier molecular flexibility index (Phi) is 4.72. The first-order valence-corrected chi connectivity index (χ1v) is 6.81. The van der Waals surface area contributed by atoms with Gasteiger partial charge in [0, 0.05) is 38.2 Å². The van der Waals surface area contributed by atoms with Crippen LogP contribution in [0.4, 0.5) is 14.5 Å². The quantitative estimate of drug-likeness (QED) is 0.885. The Morgan fingerprint density at radius 1 is 1.33 bits per heavy atom. The maximum absolute atomic E-state index is 13.8. The zero-order valence-electron chi connectivity index (χ0n) is 11.7. The lowest BCUT2D eigenvalue weighted by molar-refractivity contribution is -0.120. The molecule has 0 unspecified atom stereocenters. The highest BCUT2D eigenvalue weighted by Gasteiger charge is 2.22. The first-order valence-electron chi connectivity index (χ1n) is 6.81. The highest BCUT2D eigenvalue weighted by Crippen LogP contribution is 2.21. The third-order valence-electron chi connectivity index (χ3n) is 3.24. The van der Waals surface area contributed by atoms with E-state index >= 15 is 0 Å². The Labute approximate surface area is 121 Å². The second kappa shape index (κ2) is 6.51. The molecule has 0 radical (unpaired) electrons. The summed E-state index contributed by atoms with van der Waals surface area (Å²) < 4.78 is 27.7. The fraction of sp³-hybridized carbons (Fsp3) is 0.429. The van der Waals surface area contributed by atoms with Crippen LogP contribution in [0.15, 0.2) is 12.1 Å². The monoisotopic (exact) mass is 297 g/mol. The van der Waals surface area contributed by atoms with Crippen LogP contribution in [0.2, 0.25) is 0 Å². The van der Waals surface area contributed by atoms with Gasteiger partial charge < -0.3 is 15.5 Å². The number of amides is 2. The molecule has 0 aromatic heterocycles. The van der Waals surface area contributed by atoms with Gasteiger partial charge in [-0.15, -0.1) is 0 Å². The number of nitrogens with one attached hydrogen (secondary N) is 2. The van der Waals surface area contributed by atoms with E-state index in [0.29, 0.717) is 19.6 Å². The van der Waals surface area contributed by atoms with E-state index in [1.54, 1.807) is 6.92 Å². The topological polar surface area (TPSA) is 61.4 Å². The van der Waals surface area contributed by atoms with Gasteiger partial charge in [-0.1, -0.05) is 0 Å². The number of hydrogen-bond donors (Lipinski definition) is 2. The van der Waals surface area contributed by atoms with E-state index in [-0.39, 0.29) is 30.1 Å². The molecular formula is C14H17F2N3O2. The van der Waals surface area contributed by atoms with Gasteiger partial charge in [0.25, 0.3) is 5.91 Å². The smallest absolute Gasteiger partial charge is 0.254 e. The van der Waals surface area contributed by atoms with Crippen LogP contribution in [0.3, 0.4) is 0 Å². The van der Waals surface area contributed by atoms with Crippen molar-refractivity contribution in [1.29, 1.82) is 0 Å². The molecule has 1 fully saturated rings. The fourth-order valence-corrected chi connectivity index (χ4v) is 2.19. The maximum Gasteiger partial charge on any atom is 0.254 e. The number of nitrogens with zero attached hydrogens (tertiary/aromatic N) is 1. The highest BCUT2D eigenvalue weighted by molar-refractivity contribution is 5.95. The minimum atomic E-state index is -0.802. The Hall–Kier alpha value is -2.18. The lowest BCUT2D eigenvalue weighted by Crippen LogP contribution is -2.34. The molecule has 1 aromatic rings. The molecule has 0 spiro atoms. The van der Waals surface area contributed by atoms with Gasteiger partial charge in [-0.25, -0.2) is 8.78 Å². The van der Waals surface area contributed by atoms with Gasteiger partial charge in [-0.05, 0) is 19.1 Å². The molecule has 0 aliphatic carbocycles. The molecule has 1 aromatic carbocycles. The molecule has 1 heterocycles. The summed E-state index contributed by atoms with van der Waals surface area (Å²) >= 11 is 0. The summed E-state index contributed by atoms with van der Waals surface area (Å²) in [7, 11) is 0. The number of halogens is 2. The summed E-state index contributed by atoms with van der Waals surface area (Å²) in [5, 5.41) is 5.21. The lowest BCUT2D eigenvalue weighted by Gasteiger charge is -2.20. The average Bonchev–Trinajstić information content (AvgIpc) is 2.66. The van der Waals surface area contributed by atoms with Crippen molar-refractivity contribution in [2.24, 2.45) is 0 Å². The van der Waals surface area contributed by atoms with Crippen LogP contribution in [0.5, 0.6) is 0 Å². The van der Waals surface area contributed by atoms with Crippen LogP contribution < -0.4 is 10.6 Å². The highest BCUT2D eigenvalue weighted by atomic mass is 19.1. The molecule has 114 valence electrons. The average molecular weight is 297 g/mol. The van der Waals surface area contributed by atoms with Crippen LogP contribution in [0, 0.1) is 11.6 Å². The SMILES string of the molecule is CCNc1c(F)cc(C(=O)N2CCNC(=O)CC2)cc1F. The molecule has 2 N–H and O–H groups in total. The largest absolute Gasteiger partial charge is 0.381 e. The number of anilines is 1. The van der Waals surface area contributed by atoms with Gasteiger partial charge in [0.05, 0.1) is 0 Å². The molecule has 0 saturated carbocycles. The van der Waals surface area contributed by atoms with Crippen LogP contribution >= 0.6 is 0 Å². The molecule has 2 rings (SSSR count). The number of rotatable bonds is 3. The second-order valence-electron chi connectivity index (χ2n) is 4.74. The predicted molar refractivity (Wildman–Crippen MR) is 74.1 cm³/mol. The Bertz CT molecular complexity index is 540. The van der Waals surface area contributed by atoms with Gasteiger partial charge in [0.15, 0.2) is 0 Å². The normalized spacial score (nSPS) is 15.4. The summed E-state index contributed by atoms with van der Waals surface area (Å²) in [6, 6.07) is 2.03. The van der Waals surface area contributed by atoms with Crippen molar-refractivity contribution in [3.63, 3.8) is 0 Å². The lowest BCUT2D eigenvalue weighted by atomic mass is 10.1. The van der Waals surface area contributed by atoms with E-state index in [2.05, 4.69) is 10.6 Å². The van der Waals surface area contributed by atoms with Gasteiger partial charge >= 0.3 is 0 Å². The third kappa shape index (κ3) is 3.48. The summed E-state index contributed by atoms with van der Waals surface area (Å²) in [5.74, 6) is -2.22.